The van der Waals surface area contributed by atoms with Crippen LogP contribution in [0.5, 0.6) is 0 Å². The lowest BCUT2D eigenvalue weighted by molar-refractivity contribution is 0.305. The first kappa shape index (κ1) is 18.0. The fraction of sp³-hybridized carbons (Fsp3) is 0.353. The molecule has 0 bridgehead atoms. The number of thiazole rings is 1. The van der Waals surface area contributed by atoms with Crippen molar-refractivity contribution in [2.45, 2.75) is 30.8 Å². The van der Waals surface area contributed by atoms with Crippen molar-refractivity contribution >= 4 is 23.1 Å². The summed E-state index contributed by atoms with van der Waals surface area (Å²) in [6.45, 7) is 4.07. The minimum Gasteiger partial charge on any atom is -0.300 e. The number of hydrogen-bond acceptors (Lipinski definition) is 6. The highest BCUT2D eigenvalue weighted by atomic mass is 32.2. The number of rotatable bonds is 6. The van der Waals surface area contributed by atoms with Crippen LogP contribution >= 0.6 is 23.1 Å². The Bertz CT molecular complexity index is 841. The molecule has 3 rings (SSSR count). The van der Waals surface area contributed by atoms with Crippen molar-refractivity contribution < 1.29 is 4.39 Å². The standard InChI is InChI=1S/C17H20FN5S2/c1-11(22(3)4)16-20-21-17(25-10-14-9-24-12(2)19-14)23(16)15-7-5-13(18)6-8-15/h5-9,11H,10H2,1-4H3/t11-/m1/s1. The van der Waals surface area contributed by atoms with E-state index in [9.17, 15) is 4.39 Å². The summed E-state index contributed by atoms with van der Waals surface area (Å²) in [5.41, 5.74) is 1.88. The molecular formula is C17H20FN5S2. The van der Waals surface area contributed by atoms with Gasteiger partial charge in [0.2, 0.25) is 0 Å². The maximum Gasteiger partial charge on any atom is 0.196 e. The maximum absolute atomic E-state index is 13.3. The van der Waals surface area contributed by atoms with Crippen molar-refractivity contribution in [3.8, 4) is 5.69 Å². The molecule has 0 N–H and O–H groups in total. The van der Waals surface area contributed by atoms with Crippen molar-refractivity contribution in [1.29, 1.82) is 0 Å². The van der Waals surface area contributed by atoms with E-state index in [1.54, 1.807) is 35.2 Å². The van der Waals surface area contributed by atoms with Crippen LogP contribution < -0.4 is 0 Å². The summed E-state index contributed by atoms with van der Waals surface area (Å²) in [5, 5.41) is 12.7. The van der Waals surface area contributed by atoms with E-state index in [2.05, 4.69) is 32.4 Å². The number of thioether (sulfide) groups is 1. The molecule has 0 radical (unpaired) electrons. The molecule has 8 heteroatoms. The van der Waals surface area contributed by atoms with Crippen LogP contribution in [0.1, 0.15) is 29.5 Å². The number of nitrogens with zero attached hydrogens (tertiary/aromatic N) is 5. The van der Waals surface area contributed by atoms with E-state index in [1.165, 1.54) is 12.1 Å². The van der Waals surface area contributed by atoms with Crippen molar-refractivity contribution in [3.05, 3.63) is 52.0 Å². The average molecular weight is 378 g/mol. The van der Waals surface area contributed by atoms with E-state index < -0.39 is 0 Å². The fourth-order valence-corrected chi connectivity index (χ4v) is 3.89. The zero-order chi connectivity index (χ0) is 18.0. The molecule has 0 unspecified atom stereocenters. The highest BCUT2D eigenvalue weighted by Crippen LogP contribution is 2.29. The molecule has 0 aliphatic rings. The van der Waals surface area contributed by atoms with Gasteiger partial charge in [-0.15, -0.1) is 21.5 Å². The normalized spacial score (nSPS) is 12.7. The summed E-state index contributed by atoms with van der Waals surface area (Å²) in [6.07, 6.45) is 0. The van der Waals surface area contributed by atoms with Crippen LogP contribution in [0.3, 0.4) is 0 Å². The van der Waals surface area contributed by atoms with Crippen molar-refractivity contribution in [3.63, 3.8) is 0 Å². The molecule has 0 saturated heterocycles. The molecule has 0 fully saturated rings. The van der Waals surface area contributed by atoms with Crippen LogP contribution in [-0.4, -0.2) is 38.7 Å². The third-order valence-electron chi connectivity index (χ3n) is 3.91. The Morgan fingerprint density at radius 3 is 2.56 bits per heavy atom. The van der Waals surface area contributed by atoms with E-state index in [0.717, 1.165) is 33.1 Å². The molecule has 1 atom stereocenters. The van der Waals surface area contributed by atoms with Gasteiger partial charge in [0.25, 0.3) is 0 Å². The summed E-state index contributed by atoms with van der Waals surface area (Å²) < 4.78 is 15.3. The van der Waals surface area contributed by atoms with Gasteiger partial charge in [-0.05, 0) is 52.2 Å². The lowest BCUT2D eigenvalue weighted by Gasteiger charge is -2.20. The topological polar surface area (TPSA) is 46.8 Å². The van der Waals surface area contributed by atoms with Gasteiger partial charge in [-0.3, -0.25) is 9.47 Å². The van der Waals surface area contributed by atoms with Crippen LogP contribution in [0.15, 0.2) is 34.8 Å². The van der Waals surface area contributed by atoms with Crippen LogP contribution in [0, 0.1) is 12.7 Å². The van der Waals surface area contributed by atoms with Crippen molar-refractivity contribution in [1.82, 2.24) is 24.6 Å². The van der Waals surface area contributed by atoms with E-state index in [0.29, 0.717) is 0 Å². The summed E-state index contributed by atoms with van der Waals surface area (Å²) in [5.74, 6) is 1.29. The Morgan fingerprint density at radius 2 is 1.96 bits per heavy atom. The van der Waals surface area contributed by atoms with E-state index >= 15 is 0 Å². The second-order valence-electron chi connectivity index (χ2n) is 5.94. The molecule has 3 aromatic rings. The van der Waals surface area contributed by atoms with E-state index in [1.807, 2.05) is 25.6 Å². The van der Waals surface area contributed by atoms with E-state index in [4.69, 9.17) is 0 Å². The molecular weight excluding hydrogens is 357 g/mol. The Morgan fingerprint density at radius 1 is 1.24 bits per heavy atom. The molecule has 132 valence electrons. The third-order valence-corrected chi connectivity index (χ3v) is 5.69. The number of aromatic nitrogens is 4. The number of benzene rings is 1. The summed E-state index contributed by atoms with van der Waals surface area (Å²) in [6, 6.07) is 6.49. The molecule has 2 heterocycles. The number of aryl methyl sites for hydroxylation is 1. The minimum atomic E-state index is -0.258. The minimum absolute atomic E-state index is 0.0772. The molecule has 25 heavy (non-hydrogen) atoms. The first-order chi connectivity index (χ1) is 12.0. The third kappa shape index (κ3) is 4.08. The van der Waals surface area contributed by atoms with Crippen LogP contribution in [0.4, 0.5) is 4.39 Å². The van der Waals surface area contributed by atoms with Crippen LogP contribution in [-0.2, 0) is 5.75 Å². The average Bonchev–Trinajstić information content (AvgIpc) is 3.19. The van der Waals surface area contributed by atoms with Crippen molar-refractivity contribution in [2.75, 3.05) is 14.1 Å². The zero-order valence-electron chi connectivity index (χ0n) is 14.6. The Kier molecular flexibility index (Phi) is 5.51. The largest absolute Gasteiger partial charge is 0.300 e. The first-order valence-corrected chi connectivity index (χ1v) is 9.73. The van der Waals surface area contributed by atoms with Crippen LogP contribution in [0.25, 0.3) is 5.69 Å². The fourth-order valence-electron chi connectivity index (χ4n) is 2.32. The monoisotopic (exact) mass is 377 g/mol. The number of halogens is 1. The summed E-state index contributed by atoms with van der Waals surface area (Å²) >= 11 is 3.22. The Balaban J connectivity index is 1.95. The first-order valence-electron chi connectivity index (χ1n) is 7.87. The molecule has 1 aromatic carbocycles. The van der Waals surface area contributed by atoms with Gasteiger partial charge in [0, 0.05) is 16.8 Å². The Hall–Kier alpha value is -1.77. The summed E-state index contributed by atoms with van der Waals surface area (Å²) in [7, 11) is 4.00. The molecule has 0 aliphatic heterocycles. The molecule has 5 nitrogen and oxygen atoms in total. The van der Waals surface area contributed by atoms with Gasteiger partial charge in [0.05, 0.1) is 16.7 Å². The lowest BCUT2D eigenvalue weighted by Crippen LogP contribution is -2.20. The van der Waals surface area contributed by atoms with Gasteiger partial charge in [-0.1, -0.05) is 11.8 Å². The van der Waals surface area contributed by atoms with Crippen LogP contribution in [0.2, 0.25) is 0 Å². The molecule has 0 spiro atoms. The quantitative estimate of drug-likeness (QED) is 0.606. The number of hydrogen-bond donors (Lipinski definition) is 0. The molecule has 0 saturated carbocycles. The van der Waals surface area contributed by atoms with Crippen molar-refractivity contribution in [2.24, 2.45) is 0 Å². The maximum atomic E-state index is 13.3. The van der Waals surface area contributed by atoms with Gasteiger partial charge in [-0.2, -0.15) is 0 Å². The lowest BCUT2D eigenvalue weighted by atomic mass is 10.2. The van der Waals surface area contributed by atoms with Gasteiger partial charge in [0.15, 0.2) is 11.0 Å². The van der Waals surface area contributed by atoms with Gasteiger partial charge in [0.1, 0.15) is 5.82 Å². The van der Waals surface area contributed by atoms with E-state index in [-0.39, 0.29) is 11.9 Å². The van der Waals surface area contributed by atoms with Gasteiger partial charge in [-0.25, -0.2) is 9.37 Å². The highest BCUT2D eigenvalue weighted by Gasteiger charge is 2.21. The van der Waals surface area contributed by atoms with Gasteiger partial charge >= 0.3 is 0 Å². The second-order valence-corrected chi connectivity index (χ2v) is 7.94. The second kappa shape index (κ2) is 7.63. The van der Waals surface area contributed by atoms with Gasteiger partial charge < -0.3 is 0 Å². The molecule has 0 amide bonds. The predicted octanol–water partition coefficient (Wildman–Crippen LogP) is 4.09. The Labute approximate surface area is 154 Å². The highest BCUT2D eigenvalue weighted by molar-refractivity contribution is 7.98. The summed E-state index contributed by atoms with van der Waals surface area (Å²) in [4.78, 5) is 6.56. The smallest absolute Gasteiger partial charge is 0.196 e. The molecule has 0 aliphatic carbocycles. The predicted molar refractivity (Wildman–Crippen MR) is 99.8 cm³/mol. The molecule has 2 aromatic heterocycles. The SMILES string of the molecule is Cc1nc(CSc2nnc([C@@H](C)N(C)C)n2-c2ccc(F)cc2)cs1. The zero-order valence-corrected chi connectivity index (χ0v) is 16.2.